The van der Waals surface area contributed by atoms with Crippen LogP contribution in [-0.4, -0.2) is 18.0 Å². The minimum Gasteiger partial charge on any atom is -0.457 e. The van der Waals surface area contributed by atoms with Gasteiger partial charge in [0.25, 0.3) is 0 Å². The number of rotatable bonds is 6. The molecule has 30 heavy (non-hydrogen) atoms. The lowest BCUT2D eigenvalue weighted by Gasteiger charge is -2.09. The summed E-state index contributed by atoms with van der Waals surface area (Å²) >= 11 is 0. The molecule has 0 amide bonds. The molecule has 0 spiro atoms. The molecule has 0 aliphatic rings. The van der Waals surface area contributed by atoms with E-state index < -0.39 is 5.97 Å². The van der Waals surface area contributed by atoms with Crippen molar-refractivity contribution in [3.63, 3.8) is 0 Å². The van der Waals surface area contributed by atoms with Gasteiger partial charge < -0.3 is 4.74 Å². The van der Waals surface area contributed by atoms with E-state index >= 15 is 0 Å². The Morgan fingerprint density at radius 2 is 1.40 bits per heavy atom. The van der Waals surface area contributed by atoms with Crippen LogP contribution in [0.5, 0.6) is 0 Å². The zero-order chi connectivity index (χ0) is 20.9. The Labute approximate surface area is 173 Å². The minimum absolute atomic E-state index is 0.181. The van der Waals surface area contributed by atoms with E-state index in [1.54, 1.807) is 30.3 Å². The van der Waals surface area contributed by atoms with Crippen molar-refractivity contribution in [2.24, 2.45) is 0 Å². The molecule has 4 nitrogen and oxygen atoms in total. The summed E-state index contributed by atoms with van der Waals surface area (Å²) in [4.78, 5) is 36.9. The molecule has 0 saturated heterocycles. The molecule has 4 aromatic carbocycles. The number of ketones is 1. The van der Waals surface area contributed by atoms with Gasteiger partial charge in [-0.25, -0.2) is 4.79 Å². The third-order valence-corrected chi connectivity index (χ3v) is 4.93. The van der Waals surface area contributed by atoms with E-state index in [4.69, 9.17) is 4.74 Å². The molecule has 0 saturated carbocycles. The molecule has 0 N–H and O–H groups in total. The van der Waals surface area contributed by atoms with Gasteiger partial charge in [0.05, 0.1) is 5.56 Å². The summed E-state index contributed by atoms with van der Waals surface area (Å²) in [5.41, 5.74) is 2.35. The molecule has 0 bridgehead atoms. The molecule has 4 aromatic rings. The van der Waals surface area contributed by atoms with Crippen molar-refractivity contribution in [2.45, 2.75) is 6.61 Å². The van der Waals surface area contributed by atoms with E-state index in [1.807, 2.05) is 60.7 Å². The average Bonchev–Trinajstić information content (AvgIpc) is 2.82. The highest BCUT2D eigenvalue weighted by Crippen LogP contribution is 2.23. The van der Waals surface area contributed by atoms with Crippen LogP contribution in [0.2, 0.25) is 0 Å². The zero-order valence-corrected chi connectivity index (χ0v) is 16.1. The van der Waals surface area contributed by atoms with E-state index in [2.05, 4.69) is 0 Å². The first-order valence-electron chi connectivity index (χ1n) is 9.50. The van der Waals surface area contributed by atoms with Crippen molar-refractivity contribution in [3.05, 3.63) is 119 Å². The normalized spacial score (nSPS) is 10.5. The van der Waals surface area contributed by atoms with Gasteiger partial charge >= 0.3 is 5.97 Å². The second kappa shape index (κ2) is 8.53. The van der Waals surface area contributed by atoms with Gasteiger partial charge in [-0.05, 0) is 34.5 Å². The van der Waals surface area contributed by atoms with Crippen LogP contribution in [0, 0.1) is 0 Å². The highest BCUT2D eigenvalue weighted by Gasteiger charge is 2.17. The largest absolute Gasteiger partial charge is 0.457 e. The molecule has 4 rings (SSSR count). The lowest BCUT2D eigenvalue weighted by Crippen LogP contribution is -2.08. The number of esters is 1. The Morgan fingerprint density at radius 1 is 0.733 bits per heavy atom. The maximum absolute atomic E-state index is 13.0. The standard InChI is InChI=1S/C26H18O4/c27-16-24-22-9-5-4-8-19(22)14-15-23(24)25(28)20-10-12-21(13-11-20)26(29)30-17-18-6-2-1-3-7-18/h1-16H,17H2. The fourth-order valence-electron chi connectivity index (χ4n) is 3.34. The number of fused-ring (bicyclic) bond motifs is 1. The van der Waals surface area contributed by atoms with Crippen molar-refractivity contribution in [1.29, 1.82) is 0 Å². The molecule has 0 fully saturated rings. The molecule has 0 unspecified atom stereocenters. The van der Waals surface area contributed by atoms with Crippen molar-refractivity contribution >= 4 is 28.8 Å². The Bertz CT molecular complexity index is 1230. The SMILES string of the molecule is O=Cc1c(C(=O)c2ccc(C(=O)OCc3ccccc3)cc2)ccc2ccccc12. The van der Waals surface area contributed by atoms with E-state index in [0.717, 1.165) is 16.3 Å². The molecule has 4 heteroatoms. The summed E-state index contributed by atoms with van der Waals surface area (Å²) in [6.45, 7) is 0.181. The minimum atomic E-state index is -0.461. The Hall–Kier alpha value is -4.05. The predicted octanol–water partition coefficient (Wildman–Crippen LogP) is 5.24. The van der Waals surface area contributed by atoms with Crippen LogP contribution < -0.4 is 0 Å². The highest BCUT2D eigenvalue weighted by atomic mass is 16.5. The summed E-state index contributed by atoms with van der Waals surface area (Å²) in [6, 6.07) is 26.6. The number of aldehydes is 1. The first kappa shape index (κ1) is 19.3. The van der Waals surface area contributed by atoms with Crippen LogP contribution in [0.1, 0.15) is 42.2 Å². The first-order valence-corrected chi connectivity index (χ1v) is 9.50. The smallest absolute Gasteiger partial charge is 0.338 e. The molecular weight excluding hydrogens is 376 g/mol. The quantitative estimate of drug-likeness (QED) is 0.255. The van der Waals surface area contributed by atoms with Gasteiger partial charge in [-0.1, -0.05) is 72.8 Å². The number of carbonyl (C=O) groups excluding carboxylic acids is 3. The van der Waals surface area contributed by atoms with Gasteiger partial charge in [0.1, 0.15) is 6.61 Å². The first-order chi connectivity index (χ1) is 14.7. The van der Waals surface area contributed by atoms with Crippen molar-refractivity contribution in [1.82, 2.24) is 0 Å². The van der Waals surface area contributed by atoms with Crippen LogP contribution >= 0.6 is 0 Å². The lowest BCUT2D eigenvalue weighted by atomic mass is 9.94. The maximum atomic E-state index is 13.0. The van der Waals surface area contributed by atoms with Gasteiger partial charge in [-0.2, -0.15) is 0 Å². The zero-order valence-electron chi connectivity index (χ0n) is 16.1. The number of hydrogen-bond acceptors (Lipinski definition) is 4. The van der Waals surface area contributed by atoms with Crippen molar-refractivity contribution in [2.75, 3.05) is 0 Å². The van der Waals surface area contributed by atoms with Gasteiger partial charge in [0.2, 0.25) is 0 Å². The van der Waals surface area contributed by atoms with Crippen LogP contribution in [0.4, 0.5) is 0 Å². The van der Waals surface area contributed by atoms with E-state index in [9.17, 15) is 14.4 Å². The molecule has 0 radical (unpaired) electrons. The third-order valence-electron chi connectivity index (χ3n) is 4.93. The number of hydrogen-bond donors (Lipinski definition) is 0. The van der Waals surface area contributed by atoms with Crippen molar-refractivity contribution < 1.29 is 19.1 Å². The number of carbonyl (C=O) groups is 3. The van der Waals surface area contributed by atoms with Gasteiger partial charge in [0, 0.05) is 16.7 Å². The number of benzene rings is 4. The van der Waals surface area contributed by atoms with Crippen LogP contribution in [0.15, 0.2) is 91.0 Å². The predicted molar refractivity (Wildman–Crippen MR) is 115 cm³/mol. The maximum Gasteiger partial charge on any atom is 0.338 e. The molecule has 0 aliphatic carbocycles. The lowest BCUT2D eigenvalue weighted by molar-refractivity contribution is 0.0472. The summed E-state index contributed by atoms with van der Waals surface area (Å²) in [5, 5.41) is 1.63. The van der Waals surface area contributed by atoms with Crippen LogP contribution in [0.3, 0.4) is 0 Å². The average molecular weight is 394 g/mol. The van der Waals surface area contributed by atoms with Gasteiger partial charge in [0.15, 0.2) is 12.1 Å². The summed E-state index contributed by atoms with van der Waals surface area (Å²) in [7, 11) is 0. The fraction of sp³-hybridized carbons (Fsp3) is 0.0385. The van der Waals surface area contributed by atoms with Crippen LogP contribution in [-0.2, 0) is 11.3 Å². The van der Waals surface area contributed by atoms with Crippen LogP contribution in [0.25, 0.3) is 10.8 Å². The monoisotopic (exact) mass is 394 g/mol. The van der Waals surface area contributed by atoms with E-state index in [-0.39, 0.29) is 12.4 Å². The molecule has 0 heterocycles. The van der Waals surface area contributed by atoms with Gasteiger partial charge in [-0.3, -0.25) is 9.59 Å². The van der Waals surface area contributed by atoms with E-state index in [1.165, 1.54) is 0 Å². The van der Waals surface area contributed by atoms with Gasteiger partial charge in [-0.15, -0.1) is 0 Å². The summed E-state index contributed by atoms with van der Waals surface area (Å²) in [5.74, 6) is -0.732. The molecule has 146 valence electrons. The van der Waals surface area contributed by atoms with E-state index in [0.29, 0.717) is 28.5 Å². The number of ether oxygens (including phenoxy) is 1. The fourth-order valence-corrected chi connectivity index (χ4v) is 3.34. The second-order valence-corrected chi connectivity index (χ2v) is 6.83. The molecule has 0 aliphatic heterocycles. The van der Waals surface area contributed by atoms with Crippen molar-refractivity contribution in [3.8, 4) is 0 Å². The Morgan fingerprint density at radius 3 is 2.13 bits per heavy atom. The summed E-state index contributed by atoms with van der Waals surface area (Å²) < 4.78 is 5.31. The topological polar surface area (TPSA) is 60.4 Å². The molecule has 0 aromatic heterocycles. The molecular formula is C26H18O4. The highest BCUT2D eigenvalue weighted by molar-refractivity contribution is 6.17. The summed E-state index contributed by atoms with van der Waals surface area (Å²) in [6.07, 6.45) is 0.713. The second-order valence-electron chi connectivity index (χ2n) is 6.83. The Kier molecular flexibility index (Phi) is 5.48. The third kappa shape index (κ3) is 3.89. The molecule has 0 atom stereocenters. The Balaban J connectivity index is 1.54.